The van der Waals surface area contributed by atoms with E-state index in [1.165, 1.54) is 0 Å². The van der Waals surface area contributed by atoms with Gasteiger partial charge in [-0.15, -0.1) is 0 Å². The van der Waals surface area contributed by atoms with Gasteiger partial charge in [0, 0.05) is 0 Å². The molecular formula is C5H3Cl2O. The van der Waals surface area contributed by atoms with E-state index < -0.39 is 4.84 Å². The highest BCUT2D eigenvalue weighted by molar-refractivity contribution is 6.43. The molecule has 0 spiro atoms. The number of rotatable bonds is 1. The predicted molar refractivity (Wildman–Crippen MR) is 32.0 cm³/mol. The summed E-state index contributed by atoms with van der Waals surface area (Å²) in [5.41, 5.74) is 0. The second kappa shape index (κ2) is 2.42. The maximum atomic E-state index is 5.40. The predicted octanol–water partition coefficient (Wildman–Crippen LogP) is 2.56. The van der Waals surface area contributed by atoms with Crippen LogP contribution in [0.1, 0.15) is 10.6 Å². The van der Waals surface area contributed by atoms with E-state index in [4.69, 9.17) is 27.6 Å². The Balaban J connectivity index is 2.77. The molecule has 0 unspecified atom stereocenters. The lowest BCUT2D eigenvalue weighted by molar-refractivity contribution is 0.518. The Morgan fingerprint density at radius 3 is 2.62 bits per heavy atom. The van der Waals surface area contributed by atoms with Gasteiger partial charge in [-0.2, -0.15) is 0 Å². The van der Waals surface area contributed by atoms with Crippen molar-refractivity contribution in [1.29, 1.82) is 0 Å². The second-order valence-electron chi connectivity index (χ2n) is 1.26. The number of hydrogen-bond acceptors (Lipinski definition) is 1. The molecule has 0 aliphatic rings. The molecule has 0 aliphatic heterocycles. The second-order valence-corrected chi connectivity index (χ2v) is 2.35. The molecule has 8 heavy (non-hydrogen) atoms. The first-order chi connectivity index (χ1) is 3.80. The summed E-state index contributed by atoms with van der Waals surface area (Å²) in [6.45, 7) is 0. The molecule has 0 aliphatic carbocycles. The number of alkyl halides is 2. The minimum absolute atomic E-state index is 0.535. The van der Waals surface area contributed by atoms with Crippen molar-refractivity contribution in [3.05, 3.63) is 24.2 Å². The molecule has 0 saturated heterocycles. The van der Waals surface area contributed by atoms with E-state index in [2.05, 4.69) is 6.26 Å². The van der Waals surface area contributed by atoms with Crippen LogP contribution in [0.15, 0.2) is 16.5 Å². The van der Waals surface area contributed by atoms with Crippen LogP contribution in [0.25, 0.3) is 0 Å². The number of furan rings is 1. The van der Waals surface area contributed by atoms with Crippen molar-refractivity contribution >= 4 is 23.2 Å². The molecule has 0 amide bonds. The topological polar surface area (TPSA) is 13.1 Å². The zero-order valence-electron chi connectivity index (χ0n) is 3.90. The summed E-state index contributed by atoms with van der Waals surface area (Å²) in [7, 11) is 0. The fraction of sp³-hybridized carbons (Fsp3) is 0.200. The number of halogens is 2. The third-order valence-electron chi connectivity index (χ3n) is 0.707. The first-order valence-electron chi connectivity index (χ1n) is 2.04. The fourth-order valence-corrected chi connectivity index (χ4v) is 0.604. The summed E-state index contributed by atoms with van der Waals surface area (Å²) in [6, 6.07) is 3.29. The van der Waals surface area contributed by atoms with Crippen molar-refractivity contribution in [2.75, 3.05) is 0 Å². The van der Waals surface area contributed by atoms with Crippen LogP contribution < -0.4 is 0 Å². The van der Waals surface area contributed by atoms with Crippen molar-refractivity contribution in [2.45, 2.75) is 4.84 Å². The Labute approximate surface area is 57.2 Å². The Morgan fingerprint density at radius 1 is 1.62 bits per heavy atom. The van der Waals surface area contributed by atoms with Gasteiger partial charge in [0.25, 0.3) is 0 Å². The quantitative estimate of drug-likeness (QED) is 0.560. The first-order valence-corrected chi connectivity index (χ1v) is 2.92. The van der Waals surface area contributed by atoms with Crippen molar-refractivity contribution in [3.63, 3.8) is 0 Å². The molecule has 3 heteroatoms. The highest BCUT2D eigenvalue weighted by Crippen LogP contribution is 2.23. The first kappa shape index (κ1) is 5.99. The lowest BCUT2D eigenvalue weighted by Gasteiger charge is -1.89. The van der Waals surface area contributed by atoms with Gasteiger partial charge >= 0.3 is 0 Å². The van der Waals surface area contributed by atoms with Crippen LogP contribution >= 0.6 is 23.2 Å². The molecule has 0 atom stereocenters. The molecule has 0 saturated carbocycles. The van der Waals surface area contributed by atoms with Crippen LogP contribution in [0, 0.1) is 6.26 Å². The number of hydrogen-bond donors (Lipinski definition) is 0. The van der Waals surface area contributed by atoms with Crippen LogP contribution in [0.3, 0.4) is 0 Å². The standard InChI is InChI=1S/C5H3Cl2O/c6-5(7)4-2-1-3-8-4/h1-2,5H. The van der Waals surface area contributed by atoms with Crippen LogP contribution in [0.2, 0.25) is 0 Å². The van der Waals surface area contributed by atoms with E-state index in [1.807, 2.05) is 0 Å². The van der Waals surface area contributed by atoms with E-state index >= 15 is 0 Å². The van der Waals surface area contributed by atoms with Crippen LogP contribution in [0.4, 0.5) is 0 Å². The van der Waals surface area contributed by atoms with Gasteiger partial charge in [0.2, 0.25) is 0 Å². The average molecular weight is 150 g/mol. The lowest BCUT2D eigenvalue weighted by Crippen LogP contribution is -1.70. The van der Waals surface area contributed by atoms with Crippen molar-refractivity contribution in [1.82, 2.24) is 0 Å². The molecule has 1 radical (unpaired) electrons. The van der Waals surface area contributed by atoms with Crippen LogP contribution in [-0.2, 0) is 0 Å². The van der Waals surface area contributed by atoms with E-state index in [9.17, 15) is 0 Å². The summed E-state index contributed by atoms with van der Waals surface area (Å²) in [5, 5.41) is 0. The third kappa shape index (κ3) is 1.17. The van der Waals surface area contributed by atoms with Crippen LogP contribution in [0.5, 0.6) is 0 Å². The van der Waals surface area contributed by atoms with Gasteiger partial charge in [0.05, 0.1) is 0 Å². The minimum atomic E-state index is -0.568. The molecule has 1 heterocycles. The zero-order valence-corrected chi connectivity index (χ0v) is 5.41. The Morgan fingerprint density at radius 2 is 2.38 bits per heavy atom. The molecule has 0 aromatic carbocycles. The molecule has 0 N–H and O–H groups in total. The van der Waals surface area contributed by atoms with Gasteiger partial charge in [0.1, 0.15) is 5.76 Å². The summed E-state index contributed by atoms with van der Waals surface area (Å²) in [5.74, 6) is 0.535. The molecule has 1 aromatic heterocycles. The van der Waals surface area contributed by atoms with Gasteiger partial charge in [-0.05, 0) is 12.1 Å². The third-order valence-corrected chi connectivity index (χ3v) is 1.14. The SMILES string of the molecule is ClC(Cl)c1cc[c]o1. The summed E-state index contributed by atoms with van der Waals surface area (Å²) >= 11 is 10.8. The molecule has 0 bridgehead atoms. The van der Waals surface area contributed by atoms with E-state index in [-0.39, 0.29) is 0 Å². The highest BCUT2D eigenvalue weighted by Gasteiger charge is 2.03. The maximum absolute atomic E-state index is 5.40. The smallest absolute Gasteiger partial charge is 0.169 e. The summed E-state index contributed by atoms with van der Waals surface area (Å²) < 4.78 is 4.71. The Bertz CT molecular complexity index is 145. The maximum Gasteiger partial charge on any atom is 0.169 e. The molecule has 43 valence electrons. The van der Waals surface area contributed by atoms with Crippen molar-refractivity contribution in [3.8, 4) is 0 Å². The van der Waals surface area contributed by atoms with E-state index in [0.717, 1.165) is 0 Å². The summed E-state index contributed by atoms with van der Waals surface area (Å²) in [4.78, 5) is -0.568. The van der Waals surface area contributed by atoms with E-state index in [0.29, 0.717) is 5.76 Å². The summed E-state index contributed by atoms with van der Waals surface area (Å²) in [6.07, 6.45) is 2.47. The van der Waals surface area contributed by atoms with E-state index in [1.54, 1.807) is 12.1 Å². The van der Waals surface area contributed by atoms with Crippen LogP contribution in [-0.4, -0.2) is 0 Å². The largest absolute Gasteiger partial charge is 0.455 e. The Kier molecular flexibility index (Phi) is 1.81. The molecule has 1 aromatic rings. The van der Waals surface area contributed by atoms with Gasteiger partial charge in [-0.1, -0.05) is 23.2 Å². The van der Waals surface area contributed by atoms with Gasteiger partial charge < -0.3 is 4.42 Å². The monoisotopic (exact) mass is 149 g/mol. The lowest BCUT2D eigenvalue weighted by atomic mass is 10.5. The highest BCUT2D eigenvalue weighted by atomic mass is 35.5. The molecular weight excluding hydrogens is 147 g/mol. The Hall–Kier alpha value is -0.140. The normalized spacial score (nSPS) is 10.4. The van der Waals surface area contributed by atoms with Gasteiger partial charge in [0.15, 0.2) is 11.1 Å². The molecule has 1 rings (SSSR count). The van der Waals surface area contributed by atoms with Gasteiger partial charge in [-0.3, -0.25) is 0 Å². The average Bonchev–Trinajstić information content (AvgIpc) is 2.12. The van der Waals surface area contributed by atoms with Gasteiger partial charge in [-0.25, -0.2) is 0 Å². The minimum Gasteiger partial charge on any atom is -0.455 e. The fourth-order valence-electron chi connectivity index (χ4n) is 0.370. The zero-order chi connectivity index (χ0) is 5.98. The van der Waals surface area contributed by atoms with Crippen molar-refractivity contribution < 1.29 is 4.42 Å². The molecule has 0 fully saturated rings. The molecule has 1 nitrogen and oxygen atoms in total. The van der Waals surface area contributed by atoms with Crippen molar-refractivity contribution in [2.24, 2.45) is 0 Å².